The number of piperidine rings is 1. The molecular weight excluding hydrogens is 276 g/mol. The molecule has 1 atom stereocenters. The summed E-state index contributed by atoms with van der Waals surface area (Å²) in [6, 6.07) is 0. The number of carbonyl (C=O) groups excluding carboxylic acids is 1. The molecule has 1 fully saturated rings. The van der Waals surface area contributed by atoms with Gasteiger partial charge in [0, 0.05) is 24.2 Å². The molecule has 4 heteroatoms. The van der Waals surface area contributed by atoms with Crippen LogP contribution in [0.1, 0.15) is 80.6 Å². The third-order valence-corrected chi connectivity index (χ3v) is 4.81. The standard InChI is InChI=1S/C18H36N2O2/c1-8-12-15(16(21)19(9-2)10-3)22-20-17(4,5)13-11-14-18(20,6)7/h15H,8-14H2,1-7H3. The first-order chi connectivity index (χ1) is 10.2. The highest BCUT2D eigenvalue weighted by Gasteiger charge is 2.44. The summed E-state index contributed by atoms with van der Waals surface area (Å²) in [6.07, 6.45) is 4.79. The lowest BCUT2D eigenvalue weighted by atomic mass is 9.82. The molecular formula is C18H36N2O2. The summed E-state index contributed by atoms with van der Waals surface area (Å²) in [7, 11) is 0. The van der Waals surface area contributed by atoms with Crippen LogP contribution in [-0.4, -0.2) is 46.1 Å². The fraction of sp³-hybridized carbons (Fsp3) is 0.944. The van der Waals surface area contributed by atoms with Gasteiger partial charge in [0.2, 0.25) is 0 Å². The SMILES string of the molecule is CCCC(ON1C(C)(C)CCCC1(C)C)C(=O)N(CC)CC. The molecule has 130 valence electrons. The summed E-state index contributed by atoms with van der Waals surface area (Å²) in [5.74, 6) is 0.129. The maximum Gasteiger partial charge on any atom is 0.253 e. The van der Waals surface area contributed by atoms with Gasteiger partial charge in [-0.1, -0.05) is 13.3 Å². The van der Waals surface area contributed by atoms with Crippen molar-refractivity contribution in [1.29, 1.82) is 0 Å². The molecule has 0 radical (unpaired) electrons. The van der Waals surface area contributed by atoms with E-state index in [-0.39, 0.29) is 23.1 Å². The van der Waals surface area contributed by atoms with Crippen LogP contribution in [0.3, 0.4) is 0 Å². The monoisotopic (exact) mass is 312 g/mol. The van der Waals surface area contributed by atoms with E-state index in [0.717, 1.165) is 38.8 Å². The van der Waals surface area contributed by atoms with Gasteiger partial charge in [0.1, 0.15) is 0 Å². The van der Waals surface area contributed by atoms with Crippen LogP contribution < -0.4 is 0 Å². The third-order valence-electron chi connectivity index (χ3n) is 4.81. The van der Waals surface area contributed by atoms with Crippen LogP contribution in [-0.2, 0) is 9.63 Å². The van der Waals surface area contributed by atoms with Gasteiger partial charge < -0.3 is 4.90 Å². The number of hydroxylamine groups is 2. The Morgan fingerprint density at radius 1 is 1.09 bits per heavy atom. The van der Waals surface area contributed by atoms with Crippen molar-refractivity contribution in [2.45, 2.75) is 97.8 Å². The number of hydrogen-bond donors (Lipinski definition) is 0. The molecule has 0 aromatic carbocycles. The Labute approximate surface area is 137 Å². The van der Waals surface area contributed by atoms with Gasteiger partial charge in [-0.05, 0) is 67.2 Å². The van der Waals surface area contributed by atoms with Gasteiger partial charge in [-0.15, -0.1) is 0 Å². The minimum Gasteiger partial charge on any atom is -0.341 e. The van der Waals surface area contributed by atoms with Crippen molar-refractivity contribution in [3.8, 4) is 0 Å². The molecule has 1 saturated heterocycles. The van der Waals surface area contributed by atoms with Crippen LogP contribution in [0.5, 0.6) is 0 Å². The fourth-order valence-electron chi connectivity index (χ4n) is 3.61. The maximum absolute atomic E-state index is 12.8. The van der Waals surface area contributed by atoms with Crippen LogP contribution in [0.4, 0.5) is 0 Å². The first kappa shape index (κ1) is 19.4. The highest BCUT2D eigenvalue weighted by Crippen LogP contribution is 2.39. The fourth-order valence-corrected chi connectivity index (χ4v) is 3.61. The van der Waals surface area contributed by atoms with Crippen LogP contribution in [0.2, 0.25) is 0 Å². The predicted octanol–water partition coefficient (Wildman–Crippen LogP) is 4.00. The Balaban J connectivity index is 2.94. The number of carbonyl (C=O) groups is 1. The second kappa shape index (κ2) is 7.78. The van der Waals surface area contributed by atoms with Crippen molar-refractivity contribution in [3.05, 3.63) is 0 Å². The Morgan fingerprint density at radius 2 is 1.59 bits per heavy atom. The normalized spacial score (nSPS) is 22.3. The van der Waals surface area contributed by atoms with E-state index in [4.69, 9.17) is 4.84 Å². The largest absolute Gasteiger partial charge is 0.341 e. The van der Waals surface area contributed by atoms with Gasteiger partial charge in [0.25, 0.3) is 5.91 Å². The van der Waals surface area contributed by atoms with E-state index in [2.05, 4.69) is 39.7 Å². The smallest absolute Gasteiger partial charge is 0.253 e. The summed E-state index contributed by atoms with van der Waals surface area (Å²) >= 11 is 0. The highest BCUT2D eigenvalue weighted by atomic mass is 16.7. The average molecular weight is 312 g/mol. The molecule has 0 saturated carbocycles. The van der Waals surface area contributed by atoms with Crippen molar-refractivity contribution in [2.75, 3.05) is 13.1 Å². The Hall–Kier alpha value is -0.610. The topological polar surface area (TPSA) is 32.8 Å². The van der Waals surface area contributed by atoms with E-state index in [0.29, 0.717) is 0 Å². The second-order valence-corrected chi connectivity index (χ2v) is 7.67. The molecule has 1 heterocycles. The van der Waals surface area contributed by atoms with Crippen molar-refractivity contribution < 1.29 is 9.63 Å². The van der Waals surface area contributed by atoms with Crippen molar-refractivity contribution in [1.82, 2.24) is 9.96 Å². The van der Waals surface area contributed by atoms with Crippen LogP contribution in [0.25, 0.3) is 0 Å². The van der Waals surface area contributed by atoms with Gasteiger partial charge >= 0.3 is 0 Å². The quantitative estimate of drug-likeness (QED) is 0.712. The molecule has 0 aliphatic carbocycles. The average Bonchev–Trinajstić information content (AvgIpc) is 2.42. The van der Waals surface area contributed by atoms with Gasteiger partial charge in [-0.2, -0.15) is 5.06 Å². The van der Waals surface area contributed by atoms with Crippen molar-refractivity contribution in [2.24, 2.45) is 0 Å². The predicted molar refractivity (Wildman–Crippen MR) is 91.6 cm³/mol. The first-order valence-electron chi connectivity index (χ1n) is 8.95. The zero-order chi connectivity index (χ0) is 17.0. The number of likely N-dealkylation sites (N-methyl/N-ethyl adjacent to an activating group) is 1. The number of hydrogen-bond acceptors (Lipinski definition) is 3. The van der Waals surface area contributed by atoms with Crippen molar-refractivity contribution >= 4 is 5.91 Å². The molecule has 1 aliphatic heterocycles. The van der Waals surface area contributed by atoms with Gasteiger partial charge in [0.05, 0.1) is 0 Å². The minimum atomic E-state index is -0.360. The summed E-state index contributed by atoms with van der Waals surface area (Å²) in [6.45, 7) is 16.5. The number of nitrogens with zero attached hydrogens (tertiary/aromatic N) is 2. The van der Waals surface area contributed by atoms with Gasteiger partial charge in [-0.25, -0.2) is 0 Å². The lowest BCUT2D eigenvalue weighted by Gasteiger charge is -2.52. The summed E-state index contributed by atoms with van der Waals surface area (Å²) < 4.78 is 0. The summed E-state index contributed by atoms with van der Waals surface area (Å²) in [4.78, 5) is 21.0. The molecule has 4 nitrogen and oxygen atoms in total. The second-order valence-electron chi connectivity index (χ2n) is 7.67. The van der Waals surface area contributed by atoms with E-state index in [1.54, 1.807) is 0 Å². The summed E-state index contributed by atoms with van der Waals surface area (Å²) in [5.41, 5.74) is -0.0610. The molecule has 1 amide bonds. The van der Waals surface area contributed by atoms with E-state index >= 15 is 0 Å². The molecule has 0 bridgehead atoms. The summed E-state index contributed by atoms with van der Waals surface area (Å²) in [5, 5.41) is 2.12. The van der Waals surface area contributed by atoms with E-state index in [1.165, 1.54) is 6.42 Å². The maximum atomic E-state index is 12.8. The molecule has 1 unspecified atom stereocenters. The van der Waals surface area contributed by atoms with E-state index in [9.17, 15) is 4.79 Å². The highest BCUT2D eigenvalue weighted by molar-refractivity contribution is 5.80. The zero-order valence-corrected chi connectivity index (χ0v) is 15.7. The molecule has 22 heavy (non-hydrogen) atoms. The Bertz CT molecular complexity index is 346. The third kappa shape index (κ3) is 4.45. The lowest BCUT2D eigenvalue weighted by molar-refractivity contribution is -0.301. The molecule has 0 spiro atoms. The number of rotatable bonds is 7. The molecule has 1 rings (SSSR count). The van der Waals surface area contributed by atoms with Crippen LogP contribution >= 0.6 is 0 Å². The van der Waals surface area contributed by atoms with E-state index < -0.39 is 0 Å². The van der Waals surface area contributed by atoms with Gasteiger partial charge in [0.15, 0.2) is 6.10 Å². The number of amides is 1. The van der Waals surface area contributed by atoms with Crippen LogP contribution in [0.15, 0.2) is 0 Å². The zero-order valence-electron chi connectivity index (χ0n) is 15.7. The Kier molecular flexibility index (Phi) is 6.87. The molecule has 0 aromatic rings. The minimum absolute atomic E-state index is 0.0305. The van der Waals surface area contributed by atoms with Gasteiger partial charge in [-0.3, -0.25) is 9.63 Å². The van der Waals surface area contributed by atoms with Crippen LogP contribution in [0, 0.1) is 0 Å². The lowest BCUT2D eigenvalue weighted by Crippen LogP contribution is -2.60. The first-order valence-corrected chi connectivity index (χ1v) is 8.95. The molecule has 0 aromatic heterocycles. The Morgan fingerprint density at radius 3 is 2.00 bits per heavy atom. The molecule has 1 aliphatic rings. The van der Waals surface area contributed by atoms with E-state index in [1.807, 2.05) is 18.7 Å². The van der Waals surface area contributed by atoms with Crippen molar-refractivity contribution in [3.63, 3.8) is 0 Å². The molecule has 0 N–H and O–H groups in total.